The molecule has 0 rings (SSSR count). The summed E-state index contributed by atoms with van der Waals surface area (Å²) in [5.41, 5.74) is 0. The van der Waals surface area contributed by atoms with E-state index < -0.39 is 6.10 Å². The predicted octanol–water partition coefficient (Wildman–Crippen LogP) is 15.5. The minimum Gasteiger partial charge on any atom is -0.462 e. The molecule has 0 aliphatic heterocycles. The first-order valence-electron chi connectivity index (χ1n) is 24.2. The van der Waals surface area contributed by atoms with Crippen LogP contribution in [0.4, 0.5) is 0 Å². The summed E-state index contributed by atoms with van der Waals surface area (Å²) >= 11 is 0. The molecule has 6 nitrogen and oxygen atoms in total. The summed E-state index contributed by atoms with van der Waals surface area (Å²) in [7, 11) is 0. The van der Waals surface area contributed by atoms with Crippen molar-refractivity contribution in [3.8, 4) is 0 Å². The standard InChI is InChI=1S/C51H90O6/c1-4-7-10-13-16-19-22-24-25-27-29-32-35-38-41-44-50(53)56-47-48(46-55-49(52)43-40-37-34-31-28-21-18-15-12-9-6-3)57-51(54)45-42-39-36-33-30-26-23-20-17-14-11-8-5-2/h7,10,13,16,19,22,26,30,48H,4-6,8-9,11-12,14-15,17-18,20-21,23-25,27-29,31-47H2,1-3H3/b10-7-,16-13-,22-19-,30-26-. The zero-order valence-electron chi connectivity index (χ0n) is 37.6. The molecule has 0 aliphatic rings. The van der Waals surface area contributed by atoms with Crippen molar-refractivity contribution in [3.05, 3.63) is 48.6 Å². The molecule has 6 heteroatoms. The number of unbranched alkanes of at least 4 members (excludes halogenated alkanes) is 26. The van der Waals surface area contributed by atoms with Crippen molar-refractivity contribution < 1.29 is 28.6 Å². The molecule has 0 aromatic rings. The Morgan fingerprint density at radius 3 is 1.12 bits per heavy atom. The van der Waals surface area contributed by atoms with E-state index in [0.29, 0.717) is 19.3 Å². The largest absolute Gasteiger partial charge is 0.462 e. The lowest BCUT2D eigenvalue weighted by molar-refractivity contribution is -0.167. The highest BCUT2D eigenvalue weighted by Gasteiger charge is 2.19. The molecule has 0 aromatic heterocycles. The van der Waals surface area contributed by atoms with Crippen LogP contribution in [0.2, 0.25) is 0 Å². The lowest BCUT2D eigenvalue weighted by Gasteiger charge is -2.18. The molecule has 0 saturated carbocycles. The van der Waals surface area contributed by atoms with Gasteiger partial charge in [0.25, 0.3) is 0 Å². The Bertz CT molecular complexity index is 1010. The number of carbonyl (C=O) groups is 3. The molecule has 0 N–H and O–H groups in total. The van der Waals surface area contributed by atoms with Gasteiger partial charge < -0.3 is 14.2 Å². The van der Waals surface area contributed by atoms with Crippen LogP contribution in [-0.2, 0) is 28.6 Å². The smallest absolute Gasteiger partial charge is 0.306 e. The highest BCUT2D eigenvalue weighted by molar-refractivity contribution is 5.71. The van der Waals surface area contributed by atoms with Crippen molar-refractivity contribution >= 4 is 17.9 Å². The van der Waals surface area contributed by atoms with Crippen LogP contribution in [0.1, 0.15) is 239 Å². The summed E-state index contributed by atoms with van der Waals surface area (Å²) in [6.07, 6.45) is 53.7. The van der Waals surface area contributed by atoms with Gasteiger partial charge in [-0.05, 0) is 64.2 Å². The molecular weight excluding hydrogens is 709 g/mol. The predicted molar refractivity (Wildman–Crippen MR) is 242 cm³/mol. The minimum atomic E-state index is -0.781. The number of rotatable bonds is 43. The van der Waals surface area contributed by atoms with E-state index in [1.54, 1.807) is 0 Å². The highest BCUT2D eigenvalue weighted by Crippen LogP contribution is 2.14. The number of hydrogen-bond acceptors (Lipinski definition) is 6. The molecule has 0 amide bonds. The number of ether oxygens (including phenoxy) is 3. The van der Waals surface area contributed by atoms with Gasteiger partial charge in [-0.3, -0.25) is 14.4 Å². The Labute approximate surface area is 352 Å². The maximum Gasteiger partial charge on any atom is 0.306 e. The zero-order chi connectivity index (χ0) is 41.5. The zero-order valence-corrected chi connectivity index (χ0v) is 37.6. The third-order valence-corrected chi connectivity index (χ3v) is 10.4. The van der Waals surface area contributed by atoms with Gasteiger partial charge in [-0.2, -0.15) is 0 Å². The van der Waals surface area contributed by atoms with E-state index in [4.69, 9.17) is 14.2 Å². The molecule has 0 saturated heterocycles. The van der Waals surface area contributed by atoms with E-state index in [0.717, 1.165) is 83.5 Å². The van der Waals surface area contributed by atoms with Crippen molar-refractivity contribution in [1.82, 2.24) is 0 Å². The molecule has 1 atom stereocenters. The van der Waals surface area contributed by atoms with E-state index in [9.17, 15) is 14.4 Å². The van der Waals surface area contributed by atoms with Gasteiger partial charge in [0.05, 0.1) is 0 Å². The Hall–Kier alpha value is -2.63. The van der Waals surface area contributed by atoms with E-state index in [2.05, 4.69) is 69.4 Å². The number of allylic oxidation sites excluding steroid dienone is 8. The topological polar surface area (TPSA) is 78.9 Å². The van der Waals surface area contributed by atoms with Crippen LogP contribution in [0.15, 0.2) is 48.6 Å². The fourth-order valence-electron chi connectivity index (χ4n) is 6.73. The van der Waals surface area contributed by atoms with Gasteiger partial charge in [0.15, 0.2) is 6.10 Å². The Balaban J connectivity index is 4.40. The molecule has 0 aromatic carbocycles. The molecule has 1 unspecified atom stereocenters. The molecule has 0 heterocycles. The van der Waals surface area contributed by atoms with E-state index in [1.807, 2.05) is 0 Å². The maximum atomic E-state index is 12.7. The van der Waals surface area contributed by atoms with Gasteiger partial charge in [0.2, 0.25) is 0 Å². The molecule has 0 spiro atoms. The Kier molecular flexibility index (Phi) is 43.9. The summed E-state index contributed by atoms with van der Waals surface area (Å²) in [4.78, 5) is 37.8. The van der Waals surface area contributed by atoms with E-state index in [-0.39, 0.29) is 31.1 Å². The average molecular weight is 799 g/mol. The molecule has 0 aliphatic carbocycles. The SMILES string of the molecule is CC\C=C/C=C\C=C/CCCCCCCCCC(=O)OCC(COC(=O)CCCCCCCCCCCCC)OC(=O)CCCCC/C=C\CCCCCCCC. The molecule has 0 bridgehead atoms. The Morgan fingerprint density at radius 2 is 0.702 bits per heavy atom. The fraction of sp³-hybridized carbons (Fsp3) is 0.784. The number of hydrogen-bond donors (Lipinski definition) is 0. The molecule has 330 valence electrons. The monoisotopic (exact) mass is 799 g/mol. The lowest BCUT2D eigenvalue weighted by Crippen LogP contribution is -2.30. The minimum absolute atomic E-state index is 0.0813. The third kappa shape index (κ3) is 44.3. The van der Waals surface area contributed by atoms with Crippen molar-refractivity contribution in [2.45, 2.75) is 245 Å². The molecular formula is C51H90O6. The summed E-state index contributed by atoms with van der Waals surface area (Å²) in [6.45, 7) is 6.47. The lowest BCUT2D eigenvalue weighted by atomic mass is 10.1. The first-order chi connectivity index (χ1) is 28.0. The summed E-state index contributed by atoms with van der Waals surface area (Å²) < 4.78 is 16.7. The van der Waals surface area contributed by atoms with Gasteiger partial charge in [-0.1, -0.05) is 204 Å². The van der Waals surface area contributed by atoms with E-state index in [1.165, 1.54) is 116 Å². The van der Waals surface area contributed by atoms with Crippen LogP contribution >= 0.6 is 0 Å². The van der Waals surface area contributed by atoms with Crippen LogP contribution in [0.3, 0.4) is 0 Å². The molecule has 0 fully saturated rings. The summed E-state index contributed by atoms with van der Waals surface area (Å²) in [5.74, 6) is -0.908. The summed E-state index contributed by atoms with van der Waals surface area (Å²) in [5, 5.41) is 0. The van der Waals surface area contributed by atoms with Crippen molar-refractivity contribution in [3.63, 3.8) is 0 Å². The molecule has 0 radical (unpaired) electrons. The average Bonchev–Trinajstić information content (AvgIpc) is 3.21. The van der Waals surface area contributed by atoms with Gasteiger partial charge in [-0.25, -0.2) is 0 Å². The second-order valence-electron chi connectivity index (χ2n) is 16.1. The van der Waals surface area contributed by atoms with Crippen LogP contribution < -0.4 is 0 Å². The van der Waals surface area contributed by atoms with Gasteiger partial charge in [0, 0.05) is 19.3 Å². The number of carbonyl (C=O) groups excluding carboxylic acids is 3. The van der Waals surface area contributed by atoms with Crippen molar-refractivity contribution in [1.29, 1.82) is 0 Å². The first kappa shape index (κ1) is 54.4. The van der Waals surface area contributed by atoms with Crippen LogP contribution in [0.5, 0.6) is 0 Å². The van der Waals surface area contributed by atoms with E-state index >= 15 is 0 Å². The fourth-order valence-corrected chi connectivity index (χ4v) is 6.73. The van der Waals surface area contributed by atoms with Crippen molar-refractivity contribution in [2.75, 3.05) is 13.2 Å². The van der Waals surface area contributed by atoms with Crippen molar-refractivity contribution in [2.24, 2.45) is 0 Å². The normalized spacial score (nSPS) is 12.4. The highest BCUT2D eigenvalue weighted by atomic mass is 16.6. The van der Waals surface area contributed by atoms with Gasteiger partial charge in [0.1, 0.15) is 13.2 Å². The second kappa shape index (κ2) is 46.1. The first-order valence-corrected chi connectivity index (χ1v) is 24.2. The van der Waals surface area contributed by atoms with Gasteiger partial charge >= 0.3 is 17.9 Å². The second-order valence-corrected chi connectivity index (χ2v) is 16.1. The van der Waals surface area contributed by atoms with Crippen LogP contribution in [0, 0.1) is 0 Å². The summed E-state index contributed by atoms with van der Waals surface area (Å²) in [6, 6.07) is 0. The number of esters is 3. The quantitative estimate of drug-likeness (QED) is 0.0201. The third-order valence-electron chi connectivity index (χ3n) is 10.4. The van der Waals surface area contributed by atoms with Crippen LogP contribution in [-0.4, -0.2) is 37.2 Å². The maximum absolute atomic E-state index is 12.7. The van der Waals surface area contributed by atoms with Gasteiger partial charge in [-0.15, -0.1) is 0 Å². The van der Waals surface area contributed by atoms with Crippen LogP contribution in [0.25, 0.3) is 0 Å². The Morgan fingerprint density at radius 1 is 0.368 bits per heavy atom. The molecule has 57 heavy (non-hydrogen) atoms.